The SMILES string of the molecule is COC(=O)CCc1ccc(N(c2ccc(-c3cccs3)cc2)c2ccc3c(c2)c2cc(N(c4ccc(CCC(=O)OC)cc4)c4ccc(-c5cccs5)cc4)ccc2n3C)cc1.Cn1c2ccc(I)cc2c2cc(I)ccc21. The van der Waals surface area contributed by atoms with Crippen molar-refractivity contribution < 1.29 is 19.1 Å². The number of carbonyl (C=O) groups is 2. The first kappa shape index (κ1) is 52.8. The molecule has 0 aliphatic rings. The molecular formula is C66H54I2N4O4S2. The first-order valence-electron chi connectivity index (χ1n) is 25.6. The Bertz CT molecular complexity index is 3820. The lowest BCUT2D eigenvalue weighted by Crippen LogP contribution is -2.10. The number of carbonyl (C=O) groups excluding carboxylic acids is 2. The Hall–Kier alpha value is -7.24. The topological polar surface area (TPSA) is 68.9 Å². The van der Waals surface area contributed by atoms with Crippen molar-refractivity contribution in [2.24, 2.45) is 14.1 Å². The van der Waals surface area contributed by atoms with Gasteiger partial charge in [-0.25, -0.2) is 0 Å². The van der Waals surface area contributed by atoms with Crippen LogP contribution in [0.15, 0.2) is 205 Å². The van der Waals surface area contributed by atoms with Crippen molar-refractivity contribution in [1.29, 1.82) is 0 Å². The van der Waals surface area contributed by atoms with E-state index in [0.717, 1.165) is 67.1 Å². The van der Waals surface area contributed by atoms with Crippen LogP contribution in [0.3, 0.4) is 0 Å². The van der Waals surface area contributed by atoms with Gasteiger partial charge in [-0.1, -0.05) is 60.7 Å². The number of thiophene rings is 2. The largest absolute Gasteiger partial charge is 0.469 e. The summed E-state index contributed by atoms with van der Waals surface area (Å²) < 4.78 is 16.9. The summed E-state index contributed by atoms with van der Waals surface area (Å²) in [4.78, 5) is 30.9. The van der Waals surface area contributed by atoms with Gasteiger partial charge in [-0.15, -0.1) is 22.7 Å². The predicted molar refractivity (Wildman–Crippen MR) is 343 cm³/mol. The van der Waals surface area contributed by atoms with Gasteiger partial charge in [0.15, 0.2) is 0 Å². The van der Waals surface area contributed by atoms with Crippen LogP contribution in [0.2, 0.25) is 0 Å². The number of esters is 2. The van der Waals surface area contributed by atoms with E-state index in [1.54, 1.807) is 22.7 Å². The van der Waals surface area contributed by atoms with Gasteiger partial charge in [0, 0.05) is 122 Å². The first-order chi connectivity index (χ1) is 38.0. The molecule has 388 valence electrons. The van der Waals surface area contributed by atoms with Crippen molar-refractivity contribution in [1.82, 2.24) is 9.13 Å². The fourth-order valence-electron chi connectivity index (χ4n) is 10.3. The number of aromatic nitrogens is 2. The molecule has 0 atom stereocenters. The minimum Gasteiger partial charge on any atom is -0.469 e. The number of methoxy groups -OCH3 is 2. The quantitative estimate of drug-likeness (QED) is 0.0798. The Balaban J connectivity index is 0.000000342. The molecule has 8 nitrogen and oxygen atoms in total. The molecule has 0 unspecified atom stereocenters. The molecule has 12 heteroatoms. The van der Waals surface area contributed by atoms with Crippen LogP contribution >= 0.6 is 67.9 Å². The summed E-state index contributed by atoms with van der Waals surface area (Å²) in [6.07, 6.45) is 1.90. The van der Waals surface area contributed by atoms with Crippen molar-refractivity contribution in [3.05, 3.63) is 223 Å². The van der Waals surface area contributed by atoms with Crippen LogP contribution in [-0.2, 0) is 46.0 Å². The molecule has 0 aliphatic carbocycles. The summed E-state index contributed by atoms with van der Waals surface area (Å²) in [5.41, 5.74) is 15.6. The molecule has 78 heavy (non-hydrogen) atoms. The van der Waals surface area contributed by atoms with Gasteiger partial charge in [-0.2, -0.15) is 0 Å². The normalized spacial score (nSPS) is 11.3. The van der Waals surface area contributed by atoms with Gasteiger partial charge in [0.2, 0.25) is 0 Å². The fourth-order valence-corrected chi connectivity index (χ4v) is 12.7. The lowest BCUT2D eigenvalue weighted by molar-refractivity contribution is -0.141. The van der Waals surface area contributed by atoms with Crippen LogP contribution in [0, 0.1) is 7.14 Å². The van der Waals surface area contributed by atoms with E-state index in [4.69, 9.17) is 9.47 Å². The first-order valence-corrected chi connectivity index (χ1v) is 29.5. The van der Waals surface area contributed by atoms with Crippen LogP contribution in [0.25, 0.3) is 64.5 Å². The number of anilines is 6. The van der Waals surface area contributed by atoms with Gasteiger partial charge in [0.05, 0.1) is 14.2 Å². The second kappa shape index (κ2) is 23.4. The van der Waals surface area contributed by atoms with Gasteiger partial charge in [0.25, 0.3) is 0 Å². The molecule has 0 bridgehead atoms. The summed E-state index contributed by atoms with van der Waals surface area (Å²) in [6, 6.07) is 69.6. The molecule has 0 saturated heterocycles. The van der Waals surface area contributed by atoms with Crippen molar-refractivity contribution in [3.8, 4) is 20.9 Å². The van der Waals surface area contributed by atoms with E-state index >= 15 is 0 Å². The monoisotopic (exact) mass is 1280 g/mol. The third kappa shape index (κ3) is 11.1. The zero-order chi connectivity index (χ0) is 53.9. The Morgan fingerprint density at radius 1 is 0.423 bits per heavy atom. The summed E-state index contributed by atoms with van der Waals surface area (Å²) in [7, 11) is 7.12. The minimum atomic E-state index is -0.214. The average Bonchev–Trinajstić information content (AvgIpc) is 4.33. The molecule has 0 spiro atoms. The van der Waals surface area contributed by atoms with E-state index in [1.807, 2.05) is 0 Å². The number of aryl methyl sites for hydroxylation is 4. The third-order valence-electron chi connectivity index (χ3n) is 14.4. The second-order valence-electron chi connectivity index (χ2n) is 19.0. The van der Waals surface area contributed by atoms with Crippen molar-refractivity contribution >= 4 is 158 Å². The highest BCUT2D eigenvalue weighted by molar-refractivity contribution is 14.1. The minimum absolute atomic E-state index is 0.214. The van der Waals surface area contributed by atoms with E-state index in [0.29, 0.717) is 25.7 Å². The maximum absolute atomic E-state index is 11.9. The molecule has 4 aromatic heterocycles. The Morgan fingerprint density at radius 2 is 0.744 bits per heavy atom. The smallest absolute Gasteiger partial charge is 0.305 e. The molecule has 8 aromatic carbocycles. The lowest BCUT2D eigenvalue weighted by Gasteiger charge is -2.26. The van der Waals surface area contributed by atoms with Crippen LogP contribution in [0.4, 0.5) is 34.1 Å². The van der Waals surface area contributed by atoms with Gasteiger partial charge in [-0.05, 0) is 224 Å². The van der Waals surface area contributed by atoms with E-state index in [-0.39, 0.29) is 11.9 Å². The standard InChI is InChI=1S/C53H45N3O4S2.C13H9I2N/c1-54-48-28-26-44(55(40-18-8-36(9-19-40)12-30-52(57)59-2)42-22-14-38(15-23-42)50-6-4-32-61-50)34-46(48)47-35-45(27-29-49(47)54)56(41-20-10-37(11-21-41)13-31-53(58)60-3)43-24-16-39(17-25-43)51-7-5-33-62-51;1-16-12-4-2-8(14)6-10(12)11-7-9(15)3-5-13(11)16/h4-11,14-29,32-35H,12-13,30-31H2,1-3H3;2-7H,1H3. The van der Waals surface area contributed by atoms with Crippen molar-refractivity contribution in [2.75, 3.05) is 24.0 Å². The zero-order valence-corrected chi connectivity index (χ0v) is 49.4. The molecule has 0 fully saturated rings. The maximum atomic E-state index is 11.9. The summed E-state index contributed by atoms with van der Waals surface area (Å²) in [5, 5.41) is 9.19. The van der Waals surface area contributed by atoms with Gasteiger partial charge >= 0.3 is 11.9 Å². The summed E-state index contributed by atoms with van der Waals surface area (Å²) >= 11 is 8.20. The number of halogens is 2. The highest BCUT2D eigenvalue weighted by Crippen LogP contribution is 2.43. The van der Waals surface area contributed by atoms with Crippen LogP contribution in [0.1, 0.15) is 24.0 Å². The molecule has 12 aromatic rings. The Morgan fingerprint density at radius 3 is 1.08 bits per heavy atom. The molecule has 4 heterocycles. The third-order valence-corrected chi connectivity index (χ3v) is 17.5. The van der Waals surface area contributed by atoms with E-state index < -0.39 is 0 Å². The molecule has 0 saturated carbocycles. The fraction of sp³-hybridized carbons (Fsp3) is 0.121. The van der Waals surface area contributed by atoms with Crippen molar-refractivity contribution in [3.63, 3.8) is 0 Å². The number of rotatable bonds is 14. The molecule has 0 aliphatic heterocycles. The van der Waals surface area contributed by atoms with Gasteiger partial charge in [-0.3, -0.25) is 9.59 Å². The second-order valence-corrected chi connectivity index (χ2v) is 23.4. The van der Waals surface area contributed by atoms with Gasteiger partial charge < -0.3 is 28.4 Å². The molecule has 12 rings (SSSR count). The van der Waals surface area contributed by atoms with E-state index in [1.165, 1.54) is 64.0 Å². The van der Waals surface area contributed by atoms with E-state index in [9.17, 15) is 9.59 Å². The van der Waals surface area contributed by atoms with Crippen LogP contribution in [-0.4, -0.2) is 35.3 Å². The summed E-state index contributed by atoms with van der Waals surface area (Å²) in [6.45, 7) is 0. The Labute approximate surface area is 489 Å². The number of ether oxygens (including phenoxy) is 2. The number of hydrogen-bond acceptors (Lipinski definition) is 8. The number of benzene rings is 8. The van der Waals surface area contributed by atoms with Crippen LogP contribution < -0.4 is 9.80 Å². The molecular weight excluding hydrogens is 1230 g/mol. The zero-order valence-electron chi connectivity index (χ0n) is 43.5. The highest BCUT2D eigenvalue weighted by Gasteiger charge is 2.20. The lowest BCUT2D eigenvalue weighted by atomic mass is 10.1. The van der Waals surface area contributed by atoms with Crippen molar-refractivity contribution in [2.45, 2.75) is 25.7 Å². The van der Waals surface area contributed by atoms with Gasteiger partial charge in [0.1, 0.15) is 0 Å². The molecule has 0 amide bonds. The van der Waals surface area contributed by atoms with Crippen LogP contribution in [0.5, 0.6) is 0 Å². The Kier molecular flexibility index (Phi) is 15.8. The van der Waals surface area contributed by atoms with E-state index in [2.05, 4.69) is 283 Å². The number of hydrogen-bond donors (Lipinski definition) is 0. The summed E-state index contributed by atoms with van der Waals surface area (Å²) in [5.74, 6) is -0.428. The predicted octanol–water partition coefficient (Wildman–Crippen LogP) is 18.5. The molecule has 0 N–H and O–H groups in total. The highest BCUT2D eigenvalue weighted by atomic mass is 127. The number of nitrogens with zero attached hydrogens (tertiary/aromatic N) is 4. The number of fused-ring (bicyclic) bond motifs is 6. The average molecular weight is 1290 g/mol. The maximum Gasteiger partial charge on any atom is 0.305 e. The molecule has 0 radical (unpaired) electrons.